The molecule has 2 unspecified atom stereocenters. The van der Waals surface area contributed by atoms with E-state index in [1.807, 2.05) is 0 Å². The lowest BCUT2D eigenvalue weighted by molar-refractivity contribution is -0.146. The number of carbonyl (C=O) groups is 1. The van der Waals surface area contributed by atoms with Crippen molar-refractivity contribution in [2.75, 3.05) is 19.6 Å². The standard InChI is InChI=1S/C14H23NO2/c16-13(17)12-5-2-1-4-11(12)8-15-9-14(10-15)6-3-7-14/h11-12H,1-10H2,(H,16,17). The van der Waals surface area contributed by atoms with Crippen molar-refractivity contribution >= 4 is 5.97 Å². The van der Waals surface area contributed by atoms with Crippen molar-refractivity contribution in [2.45, 2.75) is 44.9 Å². The molecule has 3 rings (SSSR count). The fourth-order valence-corrected chi connectivity index (χ4v) is 4.11. The molecule has 3 heteroatoms. The van der Waals surface area contributed by atoms with Gasteiger partial charge in [-0.15, -0.1) is 0 Å². The fourth-order valence-electron chi connectivity index (χ4n) is 4.11. The summed E-state index contributed by atoms with van der Waals surface area (Å²) in [4.78, 5) is 13.7. The van der Waals surface area contributed by atoms with Gasteiger partial charge in [0.25, 0.3) is 0 Å². The molecule has 3 aliphatic rings. The topological polar surface area (TPSA) is 40.5 Å². The molecular formula is C14H23NO2. The van der Waals surface area contributed by atoms with Gasteiger partial charge in [-0.1, -0.05) is 19.3 Å². The van der Waals surface area contributed by atoms with Crippen molar-refractivity contribution in [3.63, 3.8) is 0 Å². The third kappa shape index (κ3) is 2.10. The Morgan fingerprint density at radius 3 is 2.47 bits per heavy atom. The Kier molecular flexibility index (Phi) is 2.89. The first kappa shape index (κ1) is 11.5. The van der Waals surface area contributed by atoms with E-state index in [0.717, 1.165) is 25.8 Å². The summed E-state index contributed by atoms with van der Waals surface area (Å²) >= 11 is 0. The van der Waals surface area contributed by atoms with E-state index < -0.39 is 5.97 Å². The van der Waals surface area contributed by atoms with E-state index in [1.165, 1.54) is 38.8 Å². The summed E-state index contributed by atoms with van der Waals surface area (Å²) in [5.74, 6) is -0.214. The van der Waals surface area contributed by atoms with Crippen LogP contribution < -0.4 is 0 Å². The second kappa shape index (κ2) is 4.27. The molecule has 0 radical (unpaired) electrons. The molecule has 2 aliphatic carbocycles. The molecule has 96 valence electrons. The van der Waals surface area contributed by atoms with Gasteiger partial charge in [0.15, 0.2) is 0 Å². The van der Waals surface area contributed by atoms with Crippen molar-refractivity contribution in [1.82, 2.24) is 4.90 Å². The lowest BCUT2D eigenvalue weighted by Gasteiger charge is -2.57. The van der Waals surface area contributed by atoms with Crippen molar-refractivity contribution in [1.29, 1.82) is 0 Å². The first-order valence-corrected chi connectivity index (χ1v) is 7.14. The Bertz CT molecular complexity index is 303. The van der Waals surface area contributed by atoms with Crippen molar-refractivity contribution in [3.05, 3.63) is 0 Å². The summed E-state index contributed by atoms with van der Waals surface area (Å²) in [6, 6.07) is 0. The average molecular weight is 237 g/mol. The Morgan fingerprint density at radius 1 is 1.18 bits per heavy atom. The van der Waals surface area contributed by atoms with Crippen LogP contribution in [0, 0.1) is 17.3 Å². The molecule has 0 amide bonds. The quantitative estimate of drug-likeness (QED) is 0.819. The molecule has 2 saturated carbocycles. The normalized spacial score (nSPS) is 36.2. The largest absolute Gasteiger partial charge is 0.481 e. The van der Waals surface area contributed by atoms with E-state index in [2.05, 4.69) is 4.90 Å². The summed E-state index contributed by atoms with van der Waals surface area (Å²) in [5, 5.41) is 9.25. The van der Waals surface area contributed by atoms with Crippen LogP contribution in [0.5, 0.6) is 0 Å². The Hall–Kier alpha value is -0.570. The maximum absolute atomic E-state index is 11.2. The van der Waals surface area contributed by atoms with Crippen LogP contribution in [0.2, 0.25) is 0 Å². The minimum atomic E-state index is -0.561. The highest BCUT2D eigenvalue weighted by Gasteiger charge is 2.48. The van der Waals surface area contributed by atoms with Gasteiger partial charge in [-0.25, -0.2) is 0 Å². The minimum absolute atomic E-state index is 0.0679. The van der Waals surface area contributed by atoms with Gasteiger partial charge in [0.2, 0.25) is 0 Å². The SMILES string of the molecule is O=C(O)C1CCCCC1CN1CC2(CCC2)C1. The monoisotopic (exact) mass is 237 g/mol. The van der Waals surface area contributed by atoms with Crippen LogP contribution in [0.15, 0.2) is 0 Å². The number of hydrogen-bond donors (Lipinski definition) is 1. The molecule has 0 aromatic rings. The van der Waals surface area contributed by atoms with E-state index in [4.69, 9.17) is 0 Å². The third-order valence-electron chi connectivity index (χ3n) is 5.25. The van der Waals surface area contributed by atoms with Crippen LogP contribution in [0.1, 0.15) is 44.9 Å². The molecule has 2 atom stereocenters. The van der Waals surface area contributed by atoms with E-state index in [9.17, 15) is 9.90 Å². The number of rotatable bonds is 3. The second-order valence-electron chi connectivity index (χ2n) is 6.51. The number of aliphatic carboxylic acids is 1. The third-order valence-corrected chi connectivity index (χ3v) is 5.25. The van der Waals surface area contributed by atoms with Gasteiger partial charge in [0.05, 0.1) is 5.92 Å². The number of nitrogens with zero attached hydrogens (tertiary/aromatic N) is 1. The molecule has 1 spiro atoms. The van der Waals surface area contributed by atoms with Gasteiger partial charge in [0, 0.05) is 19.6 Å². The van der Waals surface area contributed by atoms with Gasteiger partial charge in [0.1, 0.15) is 0 Å². The average Bonchev–Trinajstić information content (AvgIpc) is 2.20. The number of carboxylic acids is 1. The molecule has 3 fully saturated rings. The first-order chi connectivity index (χ1) is 8.19. The predicted molar refractivity (Wildman–Crippen MR) is 65.8 cm³/mol. The molecule has 3 nitrogen and oxygen atoms in total. The van der Waals surface area contributed by atoms with E-state index in [1.54, 1.807) is 0 Å². The Balaban J connectivity index is 1.51. The minimum Gasteiger partial charge on any atom is -0.481 e. The van der Waals surface area contributed by atoms with E-state index in [-0.39, 0.29) is 5.92 Å². The fraction of sp³-hybridized carbons (Fsp3) is 0.929. The highest BCUT2D eigenvalue weighted by atomic mass is 16.4. The molecular weight excluding hydrogens is 214 g/mol. The molecule has 0 aromatic heterocycles. The summed E-state index contributed by atoms with van der Waals surface area (Å²) in [6.07, 6.45) is 8.60. The van der Waals surface area contributed by atoms with Crippen LogP contribution in [0.3, 0.4) is 0 Å². The van der Waals surface area contributed by atoms with Gasteiger partial charge < -0.3 is 10.0 Å². The second-order valence-corrected chi connectivity index (χ2v) is 6.51. The molecule has 1 N–H and O–H groups in total. The van der Waals surface area contributed by atoms with Crippen LogP contribution >= 0.6 is 0 Å². The maximum Gasteiger partial charge on any atom is 0.306 e. The van der Waals surface area contributed by atoms with Crippen molar-refractivity contribution < 1.29 is 9.90 Å². The summed E-state index contributed by atoms with van der Waals surface area (Å²) in [6.45, 7) is 3.53. The van der Waals surface area contributed by atoms with Gasteiger partial charge in [-0.05, 0) is 37.0 Å². The van der Waals surface area contributed by atoms with Crippen molar-refractivity contribution in [3.8, 4) is 0 Å². The predicted octanol–water partition coefficient (Wildman–Crippen LogP) is 2.36. The molecule has 1 aliphatic heterocycles. The van der Waals surface area contributed by atoms with E-state index >= 15 is 0 Å². The van der Waals surface area contributed by atoms with Gasteiger partial charge in [-0.2, -0.15) is 0 Å². The molecule has 17 heavy (non-hydrogen) atoms. The number of hydrogen-bond acceptors (Lipinski definition) is 2. The molecule has 1 heterocycles. The molecule has 0 aromatic carbocycles. The van der Waals surface area contributed by atoms with Crippen molar-refractivity contribution in [2.24, 2.45) is 17.3 Å². The zero-order valence-electron chi connectivity index (χ0n) is 10.5. The van der Waals surface area contributed by atoms with Crippen LogP contribution in [0.25, 0.3) is 0 Å². The zero-order valence-corrected chi connectivity index (χ0v) is 10.5. The number of carboxylic acid groups (broad SMARTS) is 1. The summed E-state index contributed by atoms with van der Waals surface area (Å²) in [5.41, 5.74) is 0.674. The summed E-state index contributed by atoms with van der Waals surface area (Å²) < 4.78 is 0. The van der Waals surface area contributed by atoms with Crippen LogP contribution in [-0.4, -0.2) is 35.6 Å². The highest BCUT2D eigenvalue weighted by Crippen LogP contribution is 2.48. The highest BCUT2D eigenvalue weighted by molar-refractivity contribution is 5.70. The Morgan fingerprint density at radius 2 is 1.88 bits per heavy atom. The first-order valence-electron chi connectivity index (χ1n) is 7.14. The maximum atomic E-state index is 11.2. The van der Waals surface area contributed by atoms with E-state index in [0.29, 0.717) is 11.3 Å². The molecule has 1 saturated heterocycles. The van der Waals surface area contributed by atoms with Gasteiger partial charge in [-0.3, -0.25) is 4.79 Å². The molecule has 0 bridgehead atoms. The van der Waals surface area contributed by atoms with Gasteiger partial charge >= 0.3 is 5.97 Å². The van der Waals surface area contributed by atoms with Crippen LogP contribution in [-0.2, 0) is 4.79 Å². The smallest absolute Gasteiger partial charge is 0.306 e. The Labute approximate surface area is 103 Å². The lowest BCUT2D eigenvalue weighted by atomic mass is 9.63. The lowest BCUT2D eigenvalue weighted by Crippen LogP contribution is -2.61. The zero-order chi connectivity index (χ0) is 11.9. The summed E-state index contributed by atoms with van der Waals surface area (Å²) in [7, 11) is 0. The van der Waals surface area contributed by atoms with Crippen LogP contribution in [0.4, 0.5) is 0 Å². The number of likely N-dealkylation sites (tertiary alicyclic amines) is 1.